The van der Waals surface area contributed by atoms with E-state index in [9.17, 15) is 4.79 Å². The van der Waals surface area contributed by atoms with Gasteiger partial charge in [0.25, 0.3) is 0 Å². The van der Waals surface area contributed by atoms with E-state index >= 15 is 0 Å². The molecule has 0 saturated carbocycles. The minimum Gasteiger partial charge on any atom is -0.465 e. The van der Waals surface area contributed by atoms with Gasteiger partial charge in [0.05, 0.1) is 19.3 Å². The summed E-state index contributed by atoms with van der Waals surface area (Å²) >= 11 is 0. The van der Waals surface area contributed by atoms with Crippen LogP contribution in [-0.2, 0) is 20.9 Å². The van der Waals surface area contributed by atoms with E-state index in [4.69, 9.17) is 15.2 Å². The molecule has 1 rings (SSSR count). The Morgan fingerprint density at radius 2 is 2.00 bits per heavy atom. The van der Waals surface area contributed by atoms with Crippen molar-refractivity contribution >= 4 is 5.97 Å². The first-order valence-electron chi connectivity index (χ1n) is 5.73. The molecule has 0 aliphatic heterocycles. The van der Waals surface area contributed by atoms with Crippen LogP contribution in [-0.4, -0.2) is 24.7 Å². The topological polar surface area (TPSA) is 61.5 Å². The molecule has 0 radical (unpaired) electrons. The standard InChI is InChI=1S/C13H19NO3/c1-3-16-13(15)12(14)10(2)17-9-11-7-5-4-6-8-11/h4-8,10,12H,3,9,14H2,1-2H3/t10-,12+/m1/s1. The van der Waals surface area contributed by atoms with Gasteiger partial charge >= 0.3 is 5.97 Å². The summed E-state index contributed by atoms with van der Waals surface area (Å²) in [5.41, 5.74) is 6.76. The van der Waals surface area contributed by atoms with E-state index in [0.29, 0.717) is 13.2 Å². The number of nitrogens with two attached hydrogens (primary N) is 1. The first-order valence-corrected chi connectivity index (χ1v) is 5.73. The second-order valence-corrected chi connectivity index (χ2v) is 3.78. The van der Waals surface area contributed by atoms with E-state index in [1.807, 2.05) is 30.3 Å². The van der Waals surface area contributed by atoms with Crippen LogP contribution >= 0.6 is 0 Å². The predicted molar refractivity (Wildman–Crippen MR) is 65.3 cm³/mol. The highest BCUT2D eigenvalue weighted by molar-refractivity contribution is 5.76. The quantitative estimate of drug-likeness (QED) is 0.761. The number of esters is 1. The third-order valence-corrected chi connectivity index (χ3v) is 2.42. The average Bonchev–Trinajstić information content (AvgIpc) is 2.36. The zero-order chi connectivity index (χ0) is 12.7. The van der Waals surface area contributed by atoms with Crippen molar-refractivity contribution in [1.82, 2.24) is 0 Å². The molecule has 0 aromatic heterocycles. The van der Waals surface area contributed by atoms with Crippen molar-refractivity contribution in [3.63, 3.8) is 0 Å². The molecule has 4 heteroatoms. The highest BCUT2D eigenvalue weighted by Gasteiger charge is 2.22. The van der Waals surface area contributed by atoms with Gasteiger partial charge in [-0.2, -0.15) is 0 Å². The van der Waals surface area contributed by atoms with Crippen molar-refractivity contribution in [2.24, 2.45) is 5.73 Å². The largest absolute Gasteiger partial charge is 0.465 e. The minimum atomic E-state index is -0.737. The third kappa shape index (κ3) is 4.54. The lowest BCUT2D eigenvalue weighted by Crippen LogP contribution is -2.42. The molecule has 2 N–H and O–H groups in total. The Labute approximate surface area is 102 Å². The van der Waals surface area contributed by atoms with Crippen LogP contribution in [0.25, 0.3) is 0 Å². The van der Waals surface area contributed by atoms with Gasteiger partial charge < -0.3 is 15.2 Å². The zero-order valence-corrected chi connectivity index (χ0v) is 10.3. The fraction of sp³-hybridized carbons (Fsp3) is 0.462. The van der Waals surface area contributed by atoms with E-state index in [1.54, 1.807) is 13.8 Å². The summed E-state index contributed by atoms with van der Waals surface area (Å²) in [6.45, 7) is 4.29. The van der Waals surface area contributed by atoms with Crippen LogP contribution in [0, 0.1) is 0 Å². The molecule has 0 aliphatic carbocycles. The monoisotopic (exact) mass is 237 g/mol. The molecule has 0 unspecified atom stereocenters. The average molecular weight is 237 g/mol. The van der Waals surface area contributed by atoms with E-state index in [1.165, 1.54) is 0 Å². The molecule has 1 aromatic rings. The Kier molecular flexibility index (Phi) is 5.66. The molecular weight excluding hydrogens is 218 g/mol. The molecule has 94 valence electrons. The second kappa shape index (κ2) is 7.04. The molecule has 4 nitrogen and oxygen atoms in total. The van der Waals surface area contributed by atoms with E-state index in [0.717, 1.165) is 5.56 Å². The number of benzene rings is 1. The lowest BCUT2D eigenvalue weighted by Gasteiger charge is -2.18. The fourth-order valence-electron chi connectivity index (χ4n) is 1.34. The smallest absolute Gasteiger partial charge is 0.325 e. The van der Waals surface area contributed by atoms with E-state index in [2.05, 4.69) is 0 Å². The third-order valence-electron chi connectivity index (χ3n) is 2.42. The van der Waals surface area contributed by atoms with Crippen LogP contribution in [0.4, 0.5) is 0 Å². The van der Waals surface area contributed by atoms with Crippen LogP contribution in [0.15, 0.2) is 30.3 Å². The first kappa shape index (κ1) is 13.7. The Morgan fingerprint density at radius 3 is 2.59 bits per heavy atom. The summed E-state index contributed by atoms with van der Waals surface area (Å²) in [6.07, 6.45) is -0.366. The summed E-state index contributed by atoms with van der Waals surface area (Å²) in [4.78, 5) is 11.4. The van der Waals surface area contributed by atoms with Gasteiger partial charge in [-0.15, -0.1) is 0 Å². The van der Waals surface area contributed by atoms with Crippen molar-refractivity contribution < 1.29 is 14.3 Å². The van der Waals surface area contributed by atoms with Gasteiger partial charge in [0.1, 0.15) is 6.04 Å². The molecule has 1 aromatic carbocycles. The Balaban J connectivity index is 2.39. The Morgan fingerprint density at radius 1 is 1.35 bits per heavy atom. The molecular formula is C13H19NO3. The van der Waals surface area contributed by atoms with Crippen LogP contribution in [0.3, 0.4) is 0 Å². The van der Waals surface area contributed by atoms with Crippen molar-refractivity contribution in [1.29, 1.82) is 0 Å². The molecule has 0 spiro atoms. The van der Waals surface area contributed by atoms with Crippen LogP contribution in [0.2, 0.25) is 0 Å². The maximum Gasteiger partial charge on any atom is 0.325 e. The van der Waals surface area contributed by atoms with Crippen molar-refractivity contribution in [3.05, 3.63) is 35.9 Å². The molecule has 0 bridgehead atoms. The van der Waals surface area contributed by atoms with Gasteiger partial charge in [-0.05, 0) is 19.4 Å². The van der Waals surface area contributed by atoms with Gasteiger partial charge in [0.15, 0.2) is 0 Å². The fourth-order valence-corrected chi connectivity index (χ4v) is 1.34. The summed E-state index contributed by atoms with van der Waals surface area (Å²) in [7, 11) is 0. The lowest BCUT2D eigenvalue weighted by molar-refractivity contribution is -0.148. The van der Waals surface area contributed by atoms with Gasteiger partial charge in [-0.3, -0.25) is 4.79 Å². The zero-order valence-electron chi connectivity index (χ0n) is 10.3. The second-order valence-electron chi connectivity index (χ2n) is 3.78. The van der Waals surface area contributed by atoms with Gasteiger partial charge in [-0.1, -0.05) is 30.3 Å². The maximum atomic E-state index is 11.4. The number of hydrogen-bond acceptors (Lipinski definition) is 4. The number of hydrogen-bond donors (Lipinski definition) is 1. The number of carbonyl (C=O) groups is 1. The first-order chi connectivity index (χ1) is 8.15. The molecule has 0 amide bonds. The SMILES string of the molecule is CCOC(=O)[C@@H](N)[C@@H](C)OCc1ccccc1. The minimum absolute atomic E-state index is 0.331. The number of carbonyl (C=O) groups excluding carboxylic acids is 1. The Hall–Kier alpha value is -1.39. The van der Waals surface area contributed by atoms with Gasteiger partial charge in [0.2, 0.25) is 0 Å². The van der Waals surface area contributed by atoms with Gasteiger partial charge in [-0.25, -0.2) is 0 Å². The van der Waals surface area contributed by atoms with Crippen LogP contribution < -0.4 is 5.73 Å². The highest BCUT2D eigenvalue weighted by Crippen LogP contribution is 2.05. The lowest BCUT2D eigenvalue weighted by atomic mass is 10.2. The van der Waals surface area contributed by atoms with Crippen molar-refractivity contribution in [2.75, 3.05) is 6.61 Å². The Bertz CT molecular complexity index is 340. The predicted octanol–water partition coefficient (Wildman–Crippen LogP) is 1.48. The molecule has 0 fully saturated rings. The highest BCUT2D eigenvalue weighted by atomic mass is 16.5. The molecule has 0 heterocycles. The molecule has 2 atom stereocenters. The van der Waals surface area contributed by atoms with Crippen LogP contribution in [0.5, 0.6) is 0 Å². The van der Waals surface area contributed by atoms with Crippen molar-refractivity contribution in [3.8, 4) is 0 Å². The number of rotatable bonds is 6. The summed E-state index contributed by atoms with van der Waals surface area (Å²) < 4.78 is 10.4. The van der Waals surface area contributed by atoms with Crippen LogP contribution in [0.1, 0.15) is 19.4 Å². The van der Waals surface area contributed by atoms with E-state index < -0.39 is 12.0 Å². The van der Waals surface area contributed by atoms with E-state index in [-0.39, 0.29) is 6.10 Å². The van der Waals surface area contributed by atoms with Gasteiger partial charge in [0, 0.05) is 0 Å². The summed E-state index contributed by atoms with van der Waals surface area (Å²) in [5, 5.41) is 0. The summed E-state index contributed by atoms with van der Waals surface area (Å²) in [5.74, 6) is -0.423. The molecule has 17 heavy (non-hydrogen) atoms. The maximum absolute atomic E-state index is 11.4. The molecule has 0 saturated heterocycles. The number of ether oxygens (including phenoxy) is 2. The normalized spacial score (nSPS) is 14.1. The van der Waals surface area contributed by atoms with Crippen molar-refractivity contribution in [2.45, 2.75) is 32.6 Å². The molecule has 0 aliphatic rings. The summed E-state index contributed by atoms with van der Waals surface area (Å²) in [6, 6.07) is 9.00.